The van der Waals surface area contributed by atoms with Crippen molar-refractivity contribution in [3.63, 3.8) is 0 Å². The van der Waals surface area contributed by atoms with Gasteiger partial charge < -0.3 is 4.74 Å². The SMILES string of the molecule is CC(=O)O/C=C1/C=CC(C(C)(C)C)=C1. The van der Waals surface area contributed by atoms with Crippen LogP contribution in [0, 0.1) is 5.41 Å². The Hall–Kier alpha value is -1.31. The molecule has 1 rings (SSSR count). The molecule has 0 bridgehead atoms. The summed E-state index contributed by atoms with van der Waals surface area (Å²) in [5.41, 5.74) is 2.32. The third kappa shape index (κ3) is 2.87. The molecule has 0 N–H and O–H groups in total. The van der Waals surface area contributed by atoms with Crippen LogP contribution in [0.4, 0.5) is 0 Å². The van der Waals surface area contributed by atoms with Gasteiger partial charge in [-0.2, -0.15) is 0 Å². The predicted molar refractivity (Wildman–Crippen MR) is 56.5 cm³/mol. The summed E-state index contributed by atoms with van der Waals surface area (Å²) < 4.78 is 4.79. The molecule has 0 atom stereocenters. The number of allylic oxidation sites excluding steroid dienone is 5. The minimum Gasteiger partial charge on any atom is -0.434 e. The Labute approximate surface area is 85.0 Å². The normalized spacial score (nSPS) is 18.6. The smallest absolute Gasteiger partial charge is 0.307 e. The van der Waals surface area contributed by atoms with Crippen LogP contribution < -0.4 is 0 Å². The molecule has 2 nitrogen and oxygen atoms in total. The van der Waals surface area contributed by atoms with Gasteiger partial charge in [0.1, 0.15) is 6.26 Å². The van der Waals surface area contributed by atoms with E-state index in [1.807, 2.05) is 12.2 Å². The maximum absolute atomic E-state index is 10.6. The van der Waals surface area contributed by atoms with Crippen molar-refractivity contribution >= 4 is 5.97 Å². The van der Waals surface area contributed by atoms with Crippen LogP contribution in [0.5, 0.6) is 0 Å². The van der Waals surface area contributed by atoms with E-state index in [2.05, 4.69) is 26.8 Å². The summed E-state index contributed by atoms with van der Waals surface area (Å²) in [4.78, 5) is 10.6. The molecule has 0 fully saturated rings. The third-order valence-corrected chi connectivity index (χ3v) is 2.00. The molecular formula is C12H16O2. The molecule has 0 aromatic carbocycles. The van der Waals surface area contributed by atoms with Crippen molar-refractivity contribution in [1.29, 1.82) is 0 Å². The molecule has 0 aromatic heterocycles. The second-order valence-electron chi connectivity index (χ2n) is 4.41. The van der Waals surface area contributed by atoms with Crippen molar-refractivity contribution in [2.45, 2.75) is 27.7 Å². The molecule has 76 valence electrons. The lowest BCUT2D eigenvalue weighted by Gasteiger charge is -2.17. The molecule has 0 saturated carbocycles. The first-order valence-corrected chi connectivity index (χ1v) is 4.67. The van der Waals surface area contributed by atoms with Gasteiger partial charge in [0.25, 0.3) is 0 Å². The van der Waals surface area contributed by atoms with E-state index in [0.717, 1.165) is 5.57 Å². The molecule has 2 heteroatoms. The lowest BCUT2D eigenvalue weighted by Crippen LogP contribution is -2.05. The number of ether oxygens (including phenoxy) is 1. The Balaban J connectivity index is 2.73. The van der Waals surface area contributed by atoms with Gasteiger partial charge in [-0.3, -0.25) is 4.79 Å². The van der Waals surface area contributed by atoms with Crippen LogP contribution in [-0.2, 0) is 9.53 Å². The van der Waals surface area contributed by atoms with Crippen molar-refractivity contribution in [2.24, 2.45) is 5.41 Å². The summed E-state index contributed by atoms with van der Waals surface area (Å²) in [6, 6.07) is 0. The third-order valence-electron chi connectivity index (χ3n) is 2.00. The number of rotatable bonds is 1. The van der Waals surface area contributed by atoms with Gasteiger partial charge in [0.05, 0.1) is 0 Å². The van der Waals surface area contributed by atoms with Gasteiger partial charge in [-0.1, -0.05) is 32.9 Å². The molecule has 14 heavy (non-hydrogen) atoms. The van der Waals surface area contributed by atoms with Gasteiger partial charge in [-0.15, -0.1) is 0 Å². The van der Waals surface area contributed by atoms with Crippen LogP contribution in [0.2, 0.25) is 0 Å². The van der Waals surface area contributed by atoms with Crippen LogP contribution in [0.15, 0.2) is 35.6 Å². The summed E-state index contributed by atoms with van der Waals surface area (Å²) in [5.74, 6) is -0.288. The maximum atomic E-state index is 10.6. The quantitative estimate of drug-likeness (QED) is 0.471. The van der Waals surface area contributed by atoms with Crippen molar-refractivity contribution in [3.05, 3.63) is 35.6 Å². The fourth-order valence-corrected chi connectivity index (χ4v) is 1.15. The van der Waals surface area contributed by atoms with Crippen LogP contribution >= 0.6 is 0 Å². The van der Waals surface area contributed by atoms with Crippen LogP contribution in [0.1, 0.15) is 27.7 Å². The lowest BCUT2D eigenvalue weighted by atomic mass is 9.87. The standard InChI is InChI=1S/C12H16O2/c1-9(13)14-8-10-5-6-11(7-10)12(2,3)4/h5-8H,1-4H3/b10-8-. The lowest BCUT2D eigenvalue weighted by molar-refractivity contribution is -0.135. The van der Waals surface area contributed by atoms with Crippen LogP contribution in [-0.4, -0.2) is 5.97 Å². The number of hydrogen-bond acceptors (Lipinski definition) is 2. The maximum Gasteiger partial charge on any atom is 0.307 e. The van der Waals surface area contributed by atoms with E-state index in [1.165, 1.54) is 18.8 Å². The summed E-state index contributed by atoms with van der Waals surface area (Å²) in [7, 11) is 0. The molecular weight excluding hydrogens is 176 g/mol. The topological polar surface area (TPSA) is 26.3 Å². The molecule has 0 amide bonds. The second-order valence-corrected chi connectivity index (χ2v) is 4.41. The molecule has 0 unspecified atom stereocenters. The first kappa shape index (κ1) is 10.8. The highest BCUT2D eigenvalue weighted by atomic mass is 16.5. The Bertz CT molecular complexity index is 325. The summed E-state index contributed by atoms with van der Waals surface area (Å²) in [6.45, 7) is 7.85. The van der Waals surface area contributed by atoms with E-state index in [0.29, 0.717) is 0 Å². The fraction of sp³-hybridized carbons (Fsp3) is 0.417. The van der Waals surface area contributed by atoms with E-state index in [4.69, 9.17) is 4.74 Å². The molecule has 0 heterocycles. The molecule has 0 saturated heterocycles. The van der Waals surface area contributed by atoms with Gasteiger partial charge in [-0.25, -0.2) is 0 Å². The van der Waals surface area contributed by atoms with Crippen LogP contribution in [0.3, 0.4) is 0 Å². The molecule has 1 aliphatic carbocycles. The van der Waals surface area contributed by atoms with E-state index in [9.17, 15) is 4.79 Å². The Kier molecular flexibility index (Phi) is 2.94. The summed E-state index contributed by atoms with van der Waals surface area (Å²) in [5, 5.41) is 0. The average molecular weight is 192 g/mol. The zero-order valence-electron chi connectivity index (χ0n) is 9.13. The molecule has 0 spiro atoms. The van der Waals surface area contributed by atoms with Gasteiger partial charge in [0.15, 0.2) is 0 Å². The zero-order valence-corrected chi connectivity index (χ0v) is 9.13. The van der Waals surface area contributed by atoms with E-state index < -0.39 is 0 Å². The summed E-state index contributed by atoms with van der Waals surface area (Å²) in [6.07, 6.45) is 7.51. The second kappa shape index (κ2) is 3.82. The minimum atomic E-state index is -0.288. The van der Waals surface area contributed by atoms with Gasteiger partial charge in [0.2, 0.25) is 0 Å². The highest BCUT2D eigenvalue weighted by Gasteiger charge is 2.17. The van der Waals surface area contributed by atoms with E-state index in [-0.39, 0.29) is 11.4 Å². The number of carbonyl (C=O) groups excluding carboxylic acids is 1. The number of hydrogen-bond donors (Lipinski definition) is 0. The average Bonchev–Trinajstić information content (AvgIpc) is 2.47. The fourth-order valence-electron chi connectivity index (χ4n) is 1.15. The highest BCUT2D eigenvalue weighted by Crippen LogP contribution is 2.31. The molecule has 1 aliphatic rings. The van der Waals surface area contributed by atoms with Crippen molar-refractivity contribution in [1.82, 2.24) is 0 Å². The van der Waals surface area contributed by atoms with Crippen molar-refractivity contribution in [3.8, 4) is 0 Å². The highest BCUT2D eigenvalue weighted by molar-refractivity contribution is 5.67. The van der Waals surface area contributed by atoms with Gasteiger partial charge in [-0.05, 0) is 17.1 Å². The number of esters is 1. The summed E-state index contributed by atoms with van der Waals surface area (Å²) >= 11 is 0. The van der Waals surface area contributed by atoms with E-state index >= 15 is 0 Å². The zero-order chi connectivity index (χ0) is 10.8. The number of carbonyl (C=O) groups is 1. The molecule has 0 aliphatic heterocycles. The molecule has 0 radical (unpaired) electrons. The monoisotopic (exact) mass is 192 g/mol. The van der Waals surface area contributed by atoms with Crippen molar-refractivity contribution in [2.75, 3.05) is 0 Å². The Morgan fingerprint density at radius 2 is 2.00 bits per heavy atom. The Morgan fingerprint density at radius 3 is 2.43 bits per heavy atom. The predicted octanol–water partition coefficient (Wildman–Crippen LogP) is 2.98. The van der Waals surface area contributed by atoms with E-state index in [1.54, 1.807) is 0 Å². The molecule has 0 aromatic rings. The van der Waals surface area contributed by atoms with Gasteiger partial charge >= 0.3 is 5.97 Å². The first-order chi connectivity index (χ1) is 6.39. The largest absolute Gasteiger partial charge is 0.434 e. The minimum absolute atomic E-state index is 0.141. The Morgan fingerprint density at radius 1 is 1.36 bits per heavy atom. The van der Waals surface area contributed by atoms with Crippen LogP contribution in [0.25, 0.3) is 0 Å². The van der Waals surface area contributed by atoms with Crippen molar-refractivity contribution < 1.29 is 9.53 Å². The first-order valence-electron chi connectivity index (χ1n) is 4.67. The van der Waals surface area contributed by atoms with Gasteiger partial charge in [0, 0.05) is 12.5 Å².